The average molecular weight is 403 g/mol. The van der Waals surface area contributed by atoms with Crippen molar-refractivity contribution in [2.45, 2.75) is 0 Å². The molecule has 1 aromatic carbocycles. The maximum absolute atomic E-state index is 12.1. The second kappa shape index (κ2) is 6.19. The lowest BCUT2D eigenvalue weighted by Gasteiger charge is -2.07. The molecule has 1 heterocycles. The fourth-order valence-corrected chi connectivity index (χ4v) is 2.23. The highest BCUT2D eigenvalue weighted by Gasteiger charge is 2.12. The number of anilines is 1. The van der Waals surface area contributed by atoms with E-state index in [9.17, 15) is 9.59 Å². The van der Waals surface area contributed by atoms with E-state index in [4.69, 9.17) is 16.7 Å². The molecule has 0 aliphatic heterocycles. The van der Waals surface area contributed by atoms with Gasteiger partial charge in [0.05, 0.1) is 5.56 Å². The lowest BCUT2D eigenvalue weighted by atomic mass is 10.2. The number of carbonyl (C=O) groups excluding carboxylic acids is 1. The van der Waals surface area contributed by atoms with E-state index in [-0.39, 0.29) is 11.5 Å². The number of nitrogens with zero attached hydrogens (tertiary/aromatic N) is 1. The molecule has 0 fully saturated rings. The van der Waals surface area contributed by atoms with E-state index in [0.717, 1.165) is 3.57 Å². The van der Waals surface area contributed by atoms with E-state index in [0.29, 0.717) is 10.6 Å². The predicted molar refractivity (Wildman–Crippen MR) is 83.3 cm³/mol. The number of nitrogens with one attached hydrogen (secondary N) is 1. The highest BCUT2D eigenvalue weighted by molar-refractivity contribution is 14.1. The number of carboxylic acids is 1. The zero-order valence-electron chi connectivity index (χ0n) is 9.93. The van der Waals surface area contributed by atoms with Crippen molar-refractivity contribution in [3.05, 3.63) is 56.2 Å². The van der Waals surface area contributed by atoms with Crippen molar-refractivity contribution in [1.29, 1.82) is 0 Å². The first-order valence-electron chi connectivity index (χ1n) is 5.44. The van der Waals surface area contributed by atoms with Gasteiger partial charge in [-0.15, -0.1) is 0 Å². The van der Waals surface area contributed by atoms with E-state index >= 15 is 0 Å². The van der Waals surface area contributed by atoms with Crippen LogP contribution < -0.4 is 5.32 Å². The zero-order chi connectivity index (χ0) is 14.7. The second-order valence-electron chi connectivity index (χ2n) is 3.79. The number of aromatic carboxylic acids is 1. The van der Waals surface area contributed by atoms with Crippen LogP contribution in [-0.4, -0.2) is 22.0 Å². The second-order valence-corrected chi connectivity index (χ2v) is 5.39. The van der Waals surface area contributed by atoms with Crippen molar-refractivity contribution in [1.82, 2.24) is 4.98 Å². The standard InChI is InChI=1S/C13H8ClIN2O3/c14-7-4-5-9(15)8(6-7)12(18)17-11-3-1-2-10(16-11)13(19)20/h1-6H,(H,19,20)(H,16,17,18). The van der Waals surface area contributed by atoms with Crippen molar-refractivity contribution in [2.75, 3.05) is 5.32 Å². The van der Waals surface area contributed by atoms with Gasteiger partial charge in [-0.25, -0.2) is 9.78 Å². The summed E-state index contributed by atoms with van der Waals surface area (Å²) in [5.74, 6) is -1.38. The lowest BCUT2D eigenvalue weighted by molar-refractivity contribution is 0.0690. The topological polar surface area (TPSA) is 79.3 Å². The number of carbonyl (C=O) groups is 2. The normalized spacial score (nSPS) is 10.1. The molecule has 2 rings (SSSR count). The van der Waals surface area contributed by atoms with Crippen LogP contribution in [0.15, 0.2) is 36.4 Å². The molecule has 0 radical (unpaired) electrons. The molecule has 1 amide bonds. The molecule has 0 bridgehead atoms. The molecule has 20 heavy (non-hydrogen) atoms. The number of hydrogen-bond acceptors (Lipinski definition) is 3. The van der Waals surface area contributed by atoms with Gasteiger partial charge in [0.1, 0.15) is 5.82 Å². The van der Waals surface area contributed by atoms with Crippen LogP contribution in [0.3, 0.4) is 0 Å². The average Bonchev–Trinajstić information content (AvgIpc) is 2.41. The zero-order valence-corrected chi connectivity index (χ0v) is 12.8. The Bertz CT molecular complexity index is 691. The SMILES string of the molecule is O=C(O)c1cccc(NC(=O)c2cc(Cl)ccc2I)n1. The minimum absolute atomic E-state index is 0.136. The third-order valence-electron chi connectivity index (χ3n) is 2.38. The number of aromatic nitrogens is 1. The molecule has 0 unspecified atom stereocenters. The minimum Gasteiger partial charge on any atom is -0.477 e. The summed E-state index contributed by atoms with van der Waals surface area (Å²) in [5.41, 5.74) is 0.268. The summed E-state index contributed by atoms with van der Waals surface area (Å²) in [6.45, 7) is 0. The van der Waals surface area contributed by atoms with Crippen LogP contribution in [0, 0.1) is 3.57 Å². The van der Waals surface area contributed by atoms with E-state index in [1.54, 1.807) is 18.2 Å². The Kier molecular flexibility index (Phi) is 4.56. The molecule has 102 valence electrons. The van der Waals surface area contributed by atoms with Crippen LogP contribution in [0.4, 0.5) is 5.82 Å². The Morgan fingerprint density at radius 2 is 2.00 bits per heavy atom. The summed E-state index contributed by atoms with van der Waals surface area (Å²) in [7, 11) is 0. The first-order chi connectivity index (χ1) is 9.47. The fraction of sp³-hybridized carbons (Fsp3) is 0. The number of rotatable bonds is 3. The van der Waals surface area contributed by atoms with Crippen molar-refractivity contribution < 1.29 is 14.7 Å². The largest absolute Gasteiger partial charge is 0.477 e. The summed E-state index contributed by atoms with van der Waals surface area (Å²) in [4.78, 5) is 26.7. The highest BCUT2D eigenvalue weighted by Crippen LogP contribution is 2.19. The molecule has 0 atom stereocenters. The number of hydrogen-bond donors (Lipinski definition) is 2. The summed E-state index contributed by atoms with van der Waals surface area (Å²) in [6, 6.07) is 9.32. The minimum atomic E-state index is -1.15. The van der Waals surface area contributed by atoms with Gasteiger partial charge >= 0.3 is 5.97 Å². The molecule has 0 saturated heterocycles. The number of amides is 1. The third-order valence-corrected chi connectivity index (χ3v) is 3.56. The van der Waals surface area contributed by atoms with Gasteiger partial charge in [0.25, 0.3) is 5.91 Å². The molecule has 0 spiro atoms. The Morgan fingerprint density at radius 1 is 1.25 bits per heavy atom. The molecule has 2 aromatic rings. The van der Waals surface area contributed by atoms with Crippen molar-refractivity contribution in [3.8, 4) is 0 Å². The number of benzene rings is 1. The van der Waals surface area contributed by atoms with E-state index in [1.165, 1.54) is 18.2 Å². The van der Waals surface area contributed by atoms with Gasteiger partial charge in [-0.3, -0.25) is 4.79 Å². The molecule has 0 aliphatic carbocycles. The van der Waals surface area contributed by atoms with Crippen LogP contribution in [0.2, 0.25) is 5.02 Å². The monoisotopic (exact) mass is 402 g/mol. The van der Waals surface area contributed by atoms with Crippen LogP contribution >= 0.6 is 34.2 Å². The van der Waals surface area contributed by atoms with Crippen molar-refractivity contribution in [2.24, 2.45) is 0 Å². The molecular formula is C13H8ClIN2O3. The summed E-state index contributed by atoms with van der Waals surface area (Å²) < 4.78 is 0.735. The number of carboxylic acid groups (broad SMARTS) is 1. The van der Waals surface area contributed by atoms with Crippen LogP contribution in [0.5, 0.6) is 0 Å². The molecule has 1 aromatic heterocycles. The van der Waals surface area contributed by atoms with Crippen LogP contribution in [0.25, 0.3) is 0 Å². The summed E-state index contributed by atoms with van der Waals surface area (Å²) in [6.07, 6.45) is 0. The third kappa shape index (κ3) is 3.45. The van der Waals surface area contributed by atoms with Gasteiger partial charge in [0, 0.05) is 8.59 Å². The maximum Gasteiger partial charge on any atom is 0.354 e. The van der Waals surface area contributed by atoms with Gasteiger partial charge in [0.15, 0.2) is 5.69 Å². The number of halogens is 2. The first kappa shape index (κ1) is 14.7. The Labute approximate surface area is 133 Å². The summed E-state index contributed by atoms with van der Waals surface area (Å²) >= 11 is 7.87. The number of pyridine rings is 1. The molecule has 2 N–H and O–H groups in total. The van der Waals surface area contributed by atoms with Crippen molar-refractivity contribution >= 4 is 51.9 Å². The molecule has 5 nitrogen and oxygen atoms in total. The molecule has 0 saturated carbocycles. The predicted octanol–water partition coefficient (Wildman–Crippen LogP) is 3.29. The Hall–Kier alpha value is -1.67. The first-order valence-corrected chi connectivity index (χ1v) is 6.90. The maximum atomic E-state index is 12.1. The quantitative estimate of drug-likeness (QED) is 0.772. The molecular weight excluding hydrogens is 395 g/mol. The lowest BCUT2D eigenvalue weighted by Crippen LogP contribution is -2.15. The van der Waals surface area contributed by atoms with Gasteiger partial charge in [-0.05, 0) is 52.9 Å². The van der Waals surface area contributed by atoms with Crippen molar-refractivity contribution in [3.63, 3.8) is 0 Å². The van der Waals surface area contributed by atoms with Gasteiger partial charge < -0.3 is 10.4 Å². The van der Waals surface area contributed by atoms with E-state index < -0.39 is 11.9 Å². The van der Waals surface area contributed by atoms with Gasteiger partial charge in [-0.1, -0.05) is 17.7 Å². The van der Waals surface area contributed by atoms with Gasteiger partial charge in [-0.2, -0.15) is 0 Å². The molecule has 0 aliphatic rings. The highest BCUT2D eigenvalue weighted by atomic mass is 127. The van der Waals surface area contributed by atoms with Gasteiger partial charge in [0.2, 0.25) is 0 Å². The molecule has 7 heteroatoms. The smallest absolute Gasteiger partial charge is 0.354 e. The van der Waals surface area contributed by atoms with E-state index in [1.807, 2.05) is 22.6 Å². The van der Waals surface area contributed by atoms with Crippen LogP contribution in [0.1, 0.15) is 20.8 Å². The Balaban J connectivity index is 2.25. The Morgan fingerprint density at radius 3 is 2.70 bits per heavy atom. The fourth-order valence-electron chi connectivity index (χ4n) is 1.48. The summed E-state index contributed by atoms with van der Waals surface area (Å²) in [5, 5.41) is 11.8. The van der Waals surface area contributed by atoms with Crippen LogP contribution in [-0.2, 0) is 0 Å². The van der Waals surface area contributed by atoms with E-state index in [2.05, 4.69) is 10.3 Å².